The van der Waals surface area contributed by atoms with Crippen molar-refractivity contribution in [1.29, 1.82) is 0 Å². The van der Waals surface area contributed by atoms with E-state index in [9.17, 15) is 17.6 Å². The van der Waals surface area contributed by atoms with E-state index >= 15 is 0 Å². The van der Waals surface area contributed by atoms with Gasteiger partial charge in [0.05, 0.1) is 10.2 Å². The van der Waals surface area contributed by atoms with Gasteiger partial charge >= 0.3 is 0 Å². The fourth-order valence-corrected chi connectivity index (χ4v) is 4.65. The molecule has 0 bridgehead atoms. The van der Waals surface area contributed by atoms with Crippen LogP contribution in [-0.4, -0.2) is 45.0 Å². The fraction of sp³-hybridized carbons (Fsp3) is 0.588. The van der Waals surface area contributed by atoms with Crippen LogP contribution in [0.4, 0.5) is 4.39 Å². The lowest BCUT2D eigenvalue weighted by atomic mass is 9.74. The molecule has 1 aromatic carbocycles. The number of hydrogen-bond acceptors (Lipinski definition) is 4. The molecule has 2 fully saturated rings. The Morgan fingerprint density at radius 3 is 2.42 bits per heavy atom. The number of piperidine rings is 1. The summed E-state index contributed by atoms with van der Waals surface area (Å²) >= 11 is 0. The van der Waals surface area contributed by atoms with Crippen LogP contribution >= 0.6 is 0 Å². The van der Waals surface area contributed by atoms with Crippen molar-refractivity contribution in [3.05, 3.63) is 35.6 Å². The van der Waals surface area contributed by atoms with Gasteiger partial charge in [0.15, 0.2) is 9.84 Å². The summed E-state index contributed by atoms with van der Waals surface area (Å²) < 4.78 is 36.2. The zero-order valence-electron chi connectivity index (χ0n) is 13.8. The average molecular weight is 354 g/mol. The summed E-state index contributed by atoms with van der Waals surface area (Å²) in [5.41, 5.74) is -0.0164. The second kappa shape index (κ2) is 6.11. The molecule has 2 N–H and O–H groups in total. The first-order valence-electron chi connectivity index (χ1n) is 8.24. The van der Waals surface area contributed by atoms with E-state index in [1.165, 1.54) is 18.4 Å². The van der Waals surface area contributed by atoms with Gasteiger partial charge in [-0.15, -0.1) is 0 Å². The van der Waals surface area contributed by atoms with E-state index in [0.717, 1.165) is 18.5 Å². The lowest BCUT2D eigenvalue weighted by Gasteiger charge is -2.37. The highest BCUT2D eigenvalue weighted by molar-refractivity contribution is 7.92. The quantitative estimate of drug-likeness (QED) is 0.832. The van der Waals surface area contributed by atoms with Gasteiger partial charge in [0.25, 0.3) is 0 Å². The summed E-state index contributed by atoms with van der Waals surface area (Å²) in [6.07, 6.45) is 3.90. The first kappa shape index (κ1) is 17.4. The van der Waals surface area contributed by atoms with E-state index in [-0.39, 0.29) is 18.3 Å². The van der Waals surface area contributed by atoms with Gasteiger partial charge in [0.2, 0.25) is 5.91 Å². The SMILES string of the molecule is CS(=O)(=O)C1(CNC(=O)[C@]2(c3ccc(F)cc3)CCCNC2)CC1. The third kappa shape index (κ3) is 3.07. The summed E-state index contributed by atoms with van der Waals surface area (Å²) in [5.74, 6) is -0.525. The van der Waals surface area contributed by atoms with Crippen molar-refractivity contribution in [3.8, 4) is 0 Å². The number of amides is 1. The second-order valence-electron chi connectivity index (χ2n) is 7.01. The molecule has 1 aliphatic heterocycles. The second-order valence-corrected chi connectivity index (χ2v) is 9.42. The number of rotatable bonds is 5. The predicted octanol–water partition coefficient (Wildman–Crippen LogP) is 1.14. The van der Waals surface area contributed by atoms with Crippen LogP contribution in [0.2, 0.25) is 0 Å². The maximum Gasteiger partial charge on any atom is 0.232 e. The molecule has 1 amide bonds. The first-order valence-corrected chi connectivity index (χ1v) is 10.1. The number of hydrogen-bond donors (Lipinski definition) is 2. The van der Waals surface area contributed by atoms with Gasteiger partial charge in [-0.05, 0) is 49.9 Å². The van der Waals surface area contributed by atoms with E-state index in [2.05, 4.69) is 10.6 Å². The topological polar surface area (TPSA) is 75.3 Å². The molecule has 1 saturated carbocycles. The zero-order valence-corrected chi connectivity index (χ0v) is 14.6. The van der Waals surface area contributed by atoms with E-state index < -0.39 is 20.0 Å². The smallest absolute Gasteiger partial charge is 0.232 e. The average Bonchev–Trinajstić information content (AvgIpc) is 3.35. The van der Waals surface area contributed by atoms with Crippen LogP contribution in [-0.2, 0) is 20.0 Å². The molecule has 0 unspecified atom stereocenters. The van der Waals surface area contributed by atoms with Gasteiger partial charge in [-0.1, -0.05) is 12.1 Å². The largest absolute Gasteiger partial charge is 0.354 e. The molecular formula is C17H23FN2O3S. The summed E-state index contributed by atoms with van der Waals surface area (Å²) in [7, 11) is -3.19. The molecule has 2 aliphatic rings. The van der Waals surface area contributed by atoms with E-state index in [4.69, 9.17) is 0 Å². The molecular weight excluding hydrogens is 331 g/mol. The Balaban J connectivity index is 1.81. The summed E-state index contributed by atoms with van der Waals surface area (Å²) in [6.45, 7) is 1.45. The molecule has 0 aromatic heterocycles. The Hall–Kier alpha value is -1.47. The molecule has 7 heteroatoms. The van der Waals surface area contributed by atoms with E-state index in [1.54, 1.807) is 12.1 Å². The van der Waals surface area contributed by atoms with Crippen molar-refractivity contribution in [2.75, 3.05) is 25.9 Å². The Labute approximate surface area is 141 Å². The Bertz CT molecular complexity index is 721. The minimum Gasteiger partial charge on any atom is -0.354 e. The molecule has 0 radical (unpaired) electrons. The van der Waals surface area contributed by atoms with E-state index in [0.29, 0.717) is 25.8 Å². The van der Waals surface area contributed by atoms with Crippen molar-refractivity contribution in [2.45, 2.75) is 35.8 Å². The number of carbonyl (C=O) groups excluding carboxylic acids is 1. The third-order valence-electron chi connectivity index (χ3n) is 5.38. The highest BCUT2D eigenvalue weighted by Crippen LogP contribution is 2.42. The van der Waals surface area contributed by atoms with Crippen LogP contribution in [0, 0.1) is 5.82 Å². The summed E-state index contributed by atoms with van der Waals surface area (Å²) in [6, 6.07) is 6.01. The lowest BCUT2D eigenvalue weighted by Crippen LogP contribution is -2.55. The van der Waals surface area contributed by atoms with Gasteiger partial charge < -0.3 is 10.6 Å². The number of halogens is 1. The zero-order chi connectivity index (χ0) is 17.4. The third-order valence-corrected chi connectivity index (χ3v) is 7.51. The standard InChI is InChI=1S/C17H23FN2O3S/c1-24(22,23)16(8-9-16)11-20-15(21)17(7-2-10-19-12-17)13-3-5-14(18)6-4-13/h3-6,19H,2,7-12H2,1H3,(H,20,21)/t17-/m1/s1. The van der Waals surface area contributed by atoms with Crippen molar-refractivity contribution in [2.24, 2.45) is 0 Å². The van der Waals surface area contributed by atoms with Crippen LogP contribution < -0.4 is 10.6 Å². The number of sulfone groups is 1. The molecule has 1 aromatic rings. The van der Waals surface area contributed by atoms with Crippen molar-refractivity contribution >= 4 is 15.7 Å². The predicted molar refractivity (Wildman–Crippen MR) is 90.0 cm³/mol. The van der Waals surface area contributed by atoms with Crippen molar-refractivity contribution < 1.29 is 17.6 Å². The van der Waals surface area contributed by atoms with Crippen LogP contribution in [0.15, 0.2) is 24.3 Å². The highest BCUT2D eigenvalue weighted by Gasteiger charge is 2.53. The van der Waals surface area contributed by atoms with Gasteiger partial charge in [0.1, 0.15) is 5.82 Å². The van der Waals surface area contributed by atoms with E-state index in [1.807, 2.05) is 0 Å². The van der Waals surface area contributed by atoms with Gasteiger partial charge in [0, 0.05) is 19.3 Å². The van der Waals surface area contributed by atoms with Crippen LogP contribution in [0.5, 0.6) is 0 Å². The number of benzene rings is 1. The Kier molecular flexibility index (Phi) is 4.42. The first-order chi connectivity index (χ1) is 11.3. The molecule has 132 valence electrons. The summed E-state index contributed by atoms with van der Waals surface area (Å²) in [5, 5.41) is 6.10. The molecule has 1 aliphatic carbocycles. The van der Waals surface area contributed by atoms with Crippen LogP contribution in [0.3, 0.4) is 0 Å². The van der Waals surface area contributed by atoms with Crippen LogP contribution in [0.1, 0.15) is 31.2 Å². The Morgan fingerprint density at radius 1 is 1.25 bits per heavy atom. The maximum atomic E-state index is 13.2. The minimum atomic E-state index is -3.19. The highest BCUT2D eigenvalue weighted by atomic mass is 32.2. The molecule has 3 rings (SSSR count). The molecule has 0 spiro atoms. The van der Waals surface area contributed by atoms with Crippen molar-refractivity contribution in [1.82, 2.24) is 10.6 Å². The number of nitrogens with one attached hydrogen (secondary N) is 2. The van der Waals surface area contributed by atoms with Crippen molar-refractivity contribution in [3.63, 3.8) is 0 Å². The van der Waals surface area contributed by atoms with Gasteiger partial charge in [-0.25, -0.2) is 12.8 Å². The maximum absolute atomic E-state index is 13.2. The normalized spacial score (nSPS) is 25.9. The Morgan fingerprint density at radius 2 is 1.92 bits per heavy atom. The molecule has 1 heterocycles. The monoisotopic (exact) mass is 354 g/mol. The molecule has 1 atom stereocenters. The van der Waals surface area contributed by atoms with Crippen LogP contribution in [0.25, 0.3) is 0 Å². The number of carbonyl (C=O) groups is 1. The minimum absolute atomic E-state index is 0.146. The summed E-state index contributed by atoms with van der Waals surface area (Å²) in [4.78, 5) is 13.0. The lowest BCUT2D eigenvalue weighted by molar-refractivity contribution is -0.127. The fourth-order valence-electron chi connectivity index (χ4n) is 3.47. The molecule has 1 saturated heterocycles. The molecule has 24 heavy (non-hydrogen) atoms. The van der Waals surface area contributed by atoms with Gasteiger partial charge in [-0.2, -0.15) is 0 Å². The molecule has 5 nitrogen and oxygen atoms in total. The van der Waals surface area contributed by atoms with Gasteiger partial charge in [-0.3, -0.25) is 4.79 Å².